The van der Waals surface area contributed by atoms with E-state index in [9.17, 15) is 9.59 Å². The zero-order chi connectivity index (χ0) is 18.7. The van der Waals surface area contributed by atoms with Crippen LogP contribution in [0, 0.1) is 6.92 Å². The maximum atomic E-state index is 12.9. The topological polar surface area (TPSA) is 59.2 Å². The molecule has 4 heteroatoms. The second-order valence-electron chi connectivity index (χ2n) is 6.49. The molecule has 4 nitrogen and oxygen atoms in total. The molecule has 1 N–H and O–H groups in total. The van der Waals surface area contributed by atoms with Crippen molar-refractivity contribution in [2.24, 2.45) is 0 Å². The maximum absolute atomic E-state index is 12.9. The number of nitrogens with one attached hydrogen (secondary N) is 1. The molecule has 0 aliphatic heterocycles. The van der Waals surface area contributed by atoms with Crippen molar-refractivity contribution in [1.29, 1.82) is 0 Å². The Labute approximate surface area is 153 Å². The molecule has 0 radical (unpaired) electrons. The minimum Gasteiger partial charge on any atom is -0.454 e. The molecule has 1 heterocycles. The molecule has 134 valence electrons. The summed E-state index contributed by atoms with van der Waals surface area (Å²) in [7, 11) is 0. The van der Waals surface area contributed by atoms with Crippen LogP contribution in [-0.4, -0.2) is 22.8 Å². The van der Waals surface area contributed by atoms with Gasteiger partial charge in [0.15, 0.2) is 6.10 Å². The van der Waals surface area contributed by atoms with E-state index in [0.717, 1.165) is 22.2 Å². The number of aromatic nitrogens is 1. The molecule has 0 spiro atoms. The van der Waals surface area contributed by atoms with E-state index in [2.05, 4.69) is 4.98 Å². The van der Waals surface area contributed by atoms with E-state index in [1.165, 1.54) is 0 Å². The number of ether oxygens (including phenoxy) is 1. The summed E-state index contributed by atoms with van der Waals surface area (Å²) in [4.78, 5) is 28.8. The number of hydrogen-bond donors (Lipinski definition) is 1. The van der Waals surface area contributed by atoms with Gasteiger partial charge in [0, 0.05) is 22.2 Å². The number of rotatable bonds is 6. The third-order valence-electron chi connectivity index (χ3n) is 4.70. The zero-order valence-electron chi connectivity index (χ0n) is 15.3. The van der Waals surface area contributed by atoms with E-state index in [0.29, 0.717) is 12.0 Å². The Morgan fingerprint density at radius 1 is 1.04 bits per heavy atom. The highest BCUT2D eigenvalue weighted by Crippen LogP contribution is 2.25. The van der Waals surface area contributed by atoms with Gasteiger partial charge in [-0.1, -0.05) is 55.5 Å². The summed E-state index contributed by atoms with van der Waals surface area (Å²) < 4.78 is 5.54. The van der Waals surface area contributed by atoms with Crippen molar-refractivity contribution in [2.75, 3.05) is 0 Å². The van der Waals surface area contributed by atoms with Crippen molar-refractivity contribution >= 4 is 22.7 Å². The number of carbonyl (C=O) groups is 2. The van der Waals surface area contributed by atoms with Crippen LogP contribution in [0.5, 0.6) is 0 Å². The van der Waals surface area contributed by atoms with Gasteiger partial charge in [-0.25, -0.2) is 0 Å². The number of fused-ring (bicyclic) bond motifs is 1. The first-order valence-electron chi connectivity index (χ1n) is 8.89. The van der Waals surface area contributed by atoms with Crippen molar-refractivity contribution in [3.05, 3.63) is 71.4 Å². The standard InChI is InChI=1S/C22H23NO3/c1-4-17(16-10-6-5-7-11-16)22(25)26-15(3)21(24)20-14(2)23-19-13-9-8-12-18(19)20/h5-13,15,17,23H,4H2,1-3H3/t15-,17+/m1/s1. The van der Waals surface area contributed by atoms with E-state index < -0.39 is 6.10 Å². The highest BCUT2D eigenvalue weighted by Gasteiger charge is 2.27. The van der Waals surface area contributed by atoms with Crippen LogP contribution in [0.1, 0.15) is 47.8 Å². The van der Waals surface area contributed by atoms with E-state index >= 15 is 0 Å². The van der Waals surface area contributed by atoms with E-state index in [4.69, 9.17) is 4.74 Å². The molecule has 3 rings (SSSR count). The van der Waals surface area contributed by atoms with Crippen LogP contribution in [0.3, 0.4) is 0 Å². The highest BCUT2D eigenvalue weighted by atomic mass is 16.5. The Bertz CT molecular complexity index is 927. The quantitative estimate of drug-likeness (QED) is 0.514. The second-order valence-corrected chi connectivity index (χ2v) is 6.49. The predicted octanol–water partition coefficient (Wildman–Crippen LogP) is 4.78. The third kappa shape index (κ3) is 3.40. The Hall–Kier alpha value is -2.88. The van der Waals surface area contributed by atoms with Gasteiger partial charge in [-0.15, -0.1) is 0 Å². The second kappa shape index (κ2) is 7.56. The van der Waals surface area contributed by atoms with E-state index in [1.807, 2.05) is 68.4 Å². The Kier molecular flexibility index (Phi) is 5.21. The molecule has 1 aromatic heterocycles. The number of ketones is 1. The van der Waals surface area contributed by atoms with Gasteiger partial charge >= 0.3 is 5.97 Å². The summed E-state index contributed by atoms with van der Waals surface area (Å²) in [5.74, 6) is -0.913. The highest BCUT2D eigenvalue weighted by molar-refractivity contribution is 6.11. The van der Waals surface area contributed by atoms with Crippen LogP contribution >= 0.6 is 0 Å². The number of H-pyrrole nitrogens is 1. The number of esters is 1. The molecule has 0 saturated carbocycles. The fourth-order valence-corrected chi connectivity index (χ4v) is 3.33. The molecule has 0 aliphatic rings. The average molecular weight is 349 g/mol. The smallest absolute Gasteiger partial charge is 0.314 e. The molecule has 26 heavy (non-hydrogen) atoms. The van der Waals surface area contributed by atoms with Crippen LogP contribution in [0.15, 0.2) is 54.6 Å². The first-order valence-corrected chi connectivity index (χ1v) is 8.89. The third-order valence-corrected chi connectivity index (χ3v) is 4.70. The van der Waals surface area contributed by atoms with Gasteiger partial charge in [-0.3, -0.25) is 9.59 Å². The summed E-state index contributed by atoms with van der Waals surface area (Å²) in [6, 6.07) is 17.2. The minimum atomic E-state index is -0.835. The van der Waals surface area contributed by atoms with E-state index in [1.54, 1.807) is 6.92 Å². The fraction of sp³-hybridized carbons (Fsp3) is 0.273. The number of carbonyl (C=O) groups excluding carboxylic acids is 2. The van der Waals surface area contributed by atoms with Gasteiger partial charge in [0.1, 0.15) is 0 Å². The van der Waals surface area contributed by atoms with Crippen molar-refractivity contribution < 1.29 is 14.3 Å². The monoisotopic (exact) mass is 349 g/mol. The molecule has 0 bridgehead atoms. The lowest BCUT2D eigenvalue weighted by atomic mass is 9.96. The average Bonchev–Trinajstić information content (AvgIpc) is 2.98. The molecule has 3 aromatic rings. The van der Waals surface area contributed by atoms with Crippen LogP contribution < -0.4 is 0 Å². The summed E-state index contributed by atoms with van der Waals surface area (Å²) in [6.07, 6.45) is -0.214. The molecular formula is C22H23NO3. The number of Topliss-reactive ketones (excluding diaryl/α,β-unsaturated/α-hetero) is 1. The van der Waals surface area contributed by atoms with Crippen LogP contribution in [0.2, 0.25) is 0 Å². The molecule has 0 amide bonds. The molecule has 2 atom stereocenters. The fourth-order valence-electron chi connectivity index (χ4n) is 3.33. The summed E-state index contributed by atoms with van der Waals surface area (Å²) in [5, 5.41) is 0.855. The lowest BCUT2D eigenvalue weighted by Gasteiger charge is -2.18. The van der Waals surface area contributed by atoms with Gasteiger partial charge in [0.2, 0.25) is 5.78 Å². The Morgan fingerprint density at radius 3 is 2.38 bits per heavy atom. The van der Waals surface area contributed by atoms with E-state index in [-0.39, 0.29) is 17.7 Å². The van der Waals surface area contributed by atoms with Crippen molar-refractivity contribution in [3.8, 4) is 0 Å². The van der Waals surface area contributed by atoms with Crippen molar-refractivity contribution in [1.82, 2.24) is 4.98 Å². The molecule has 2 aromatic carbocycles. The maximum Gasteiger partial charge on any atom is 0.314 e. The lowest BCUT2D eigenvalue weighted by Crippen LogP contribution is -2.27. The Morgan fingerprint density at radius 2 is 1.69 bits per heavy atom. The first kappa shape index (κ1) is 17.9. The van der Waals surface area contributed by atoms with Gasteiger partial charge < -0.3 is 9.72 Å². The lowest BCUT2D eigenvalue weighted by molar-refractivity contribution is -0.148. The number of hydrogen-bond acceptors (Lipinski definition) is 3. The Balaban J connectivity index is 1.80. The van der Waals surface area contributed by atoms with Gasteiger partial charge in [-0.05, 0) is 31.9 Å². The van der Waals surface area contributed by atoms with Gasteiger partial charge in [0.05, 0.1) is 5.92 Å². The van der Waals surface area contributed by atoms with Gasteiger partial charge in [-0.2, -0.15) is 0 Å². The van der Waals surface area contributed by atoms with Crippen LogP contribution in [-0.2, 0) is 9.53 Å². The molecule has 0 unspecified atom stereocenters. The molecule has 0 saturated heterocycles. The number of aromatic amines is 1. The zero-order valence-corrected chi connectivity index (χ0v) is 15.3. The SMILES string of the molecule is CC[C@H](C(=O)O[C@H](C)C(=O)c1c(C)[nH]c2ccccc12)c1ccccc1. The summed E-state index contributed by atoms with van der Waals surface area (Å²) in [5.41, 5.74) is 3.19. The summed E-state index contributed by atoms with van der Waals surface area (Å²) in [6.45, 7) is 5.44. The number of aryl methyl sites for hydroxylation is 1. The molecule has 0 aliphatic carbocycles. The van der Waals surface area contributed by atoms with Crippen molar-refractivity contribution in [2.45, 2.75) is 39.2 Å². The van der Waals surface area contributed by atoms with Crippen molar-refractivity contribution in [3.63, 3.8) is 0 Å². The van der Waals surface area contributed by atoms with Crippen LogP contribution in [0.25, 0.3) is 10.9 Å². The first-order chi connectivity index (χ1) is 12.5. The predicted molar refractivity (Wildman–Crippen MR) is 102 cm³/mol. The summed E-state index contributed by atoms with van der Waals surface area (Å²) >= 11 is 0. The molecule has 0 fully saturated rings. The molecular weight excluding hydrogens is 326 g/mol. The minimum absolute atomic E-state index is 0.184. The van der Waals surface area contributed by atoms with Crippen LogP contribution in [0.4, 0.5) is 0 Å². The largest absolute Gasteiger partial charge is 0.454 e. The number of para-hydroxylation sites is 1. The number of benzene rings is 2. The van der Waals surface area contributed by atoms with Gasteiger partial charge in [0.25, 0.3) is 0 Å². The normalized spacial score (nSPS) is 13.3.